The second-order valence-electron chi connectivity index (χ2n) is 6.50. The Morgan fingerprint density at radius 3 is 2.71 bits per heavy atom. The smallest absolute Gasteiger partial charge is 0.309 e. The molecule has 24 heavy (non-hydrogen) atoms. The molecule has 0 N–H and O–H groups in total. The molecule has 1 fully saturated rings. The van der Waals surface area contributed by atoms with Gasteiger partial charge in [0, 0.05) is 6.54 Å². The molecule has 0 saturated carbocycles. The SMILES string of the molecule is CCOC(=O)C1CCN(CCOc2ccc3c(c2)CCC3)CC1.Cl. The van der Waals surface area contributed by atoms with Gasteiger partial charge in [0.25, 0.3) is 0 Å². The summed E-state index contributed by atoms with van der Waals surface area (Å²) in [5, 5.41) is 0. The third kappa shape index (κ3) is 4.87. The lowest BCUT2D eigenvalue weighted by atomic mass is 9.97. The second-order valence-corrected chi connectivity index (χ2v) is 6.50. The van der Waals surface area contributed by atoms with Crippen LogP contribution < -0.4 is 4.74 Å². The zero-order chi connectivity index (χ0) is 16.1. The standard InChI is InChI=1S/C19H27NO3.ClH/c1-2-22-19(21)16-8-10-20(11-9-16)12-13-23-18-7-6-15-4-3-5-17(15)14-18;/h6-7,14,16H,2-5,8-13H2,1H3;1H. The number of piperidine rings is 1. The van der Waals surface area contributed by atoms with E-state index in [0.717, 1.165) is 38.2 Å². The fraction of sp³-hybridized carbons (Fsp3) is 0.632. The third-order valence-corrected chi connectivity index (χ3v) is 4.95. The Morgan fingerprint density at radius 1 is 1.21 bits per heavy atom. The molecule has 1 heterocycles. The zero-order valence-electron chi connectivity index (χ0n) is 14.5. The number of likely N-dealkylation sites (tertiary alicyclic amines) is 1. The summed E-state index contributed by atoms with van der Waals surface area (Å²) < 4.78 is 11.0. The van der Waals surface area contributed by atoms with Gasteiger partial charge in [-0.25, -0.2) is 0 Å². The number of ether oxygens (including phenoxy) is 2. The fourth-order valence-electron chi connectivity index (χ4n) is 3.58. The molecule has 1 saturated heterocycles. The number of nitrogens with zero attached hydrogens (tertiary/aromatic N) is 1. The van der Waals surface area contributed by atoms with Crippen molar-refractivity contribution in [1.29, 1.82) is 0 Å². The molecule has 3 rings (SSSR count). The van der Waals surface area contributed by atoms with E-state index in [1.807, 2.05) is 6.92 Å². The normalized spacial score (nSPS) is 17.9. The van der Waals surface area contributed by atoms with E-state index >= 15 is 0 Å². The van der Waals surface area contributed by atoms with Crippen molar-refractivity contribution in [2.24, 2.45) is 5.92 Å². The van der Waals surface area contributed by atoms with Crippen molar-refractivity contribution in [3.63, 3.8) is 0 Å². The van der Waals surface area contributed by atoms with Crippen LogP contribution in [-0.4, -0.2) is 43.7 Å². The van der Waals surface area contributed by atoms with Crippen molar-refractivity contribution in [3.05, 3.63) is 29.3 Å². The molecular formula is C19H28ClNO3. The van der Waals surface area contributed by atoms with Crippen LogP contribution in [0.5, 0.6) is 5.75 Å². The molecule has 1 aromatic carbocycles. The molecule has 0 amide bonds. The van der Waals surface area contributed by atoms with Crippen LogP contribution in [0.4, 0.5) is 0 Å². The third-order valence-electron chi connectivity index (χ3n) is 4.95. The Bertz CT molecular complexity index is 541. The Hall–Kier alpha value is -1.26. The van der Waals surface area contributed by atoms with Gasteiger partial charge in [-0.05, 0) is 75.4 Å². The summed E-state index contributed by atoms with van der Waals surface area (Å²) in [5.74, 6) is 1.05. The summed E-state index contributed by atoms with van der Waals surface area (Å²) in [4.78, 5) is 14.1. The van der Waals surface area contributed by atoms with Gasteiger partial charge >= 0.3 is 5.97 Å². The molecule has 2 aliphatic rings. The van der Waals surface area contributed by atoms with E-state index in [0.29, 0.717) is 13.2 Å². The monoisotopic (exact) mass is 353 g/mol. The predicted molar refractivity (Wildman–Crippen MR) is 97.0 cm³/mol. The number of carbonyl (C=O) groups excluding carboxylic acids is 1. The van der Waals surface area contributed by atoms with E-state index in [1.54, 1.807) is 0 Å². The largest absolute Gasteiger partial charge is 0.492 e. The van der Waals surface area contributed by atoms with Crippen molar-refractivity contribution >= 4 is 18.4 Å². The van der Waals surface area contributed by atoms with Crippen LogP contribution in [0.15, 0.2) is 18.2 Å². The number of esters is 1. The van der Waals surface area contributed by atoms with Gasteiger partial charge in [-0.15, -0.1) is 12.4 Å². The highest BCUT2D eigenvalue weighted by Crippen LogP contribution is 2.26. The zero-order valence-corrected chi connectivity index (χ0v) is 15.3. The van der Waals surface area contributed by atoms with Gasteiger partial charge in [0.2, 0.25) is 0 Å². The number of carbonyl (C=O) groups is 1. The van der Waals surface area contributed by atoms with Gasteiger partial charge in [-0.2, -0.15) is 0 Å². The van der Waals surface area contributed by atoms with Gasteiger partial charge < -0.3 is 9.47 Å². The fourth-order valence-corrected chi connectivity index (χ4v) is 3.58. The highest BCUT2D eigenvalue weighted by atomic mass is 35.5. The van der Waals surface area contributed by atoms with Crippen molar-refractivity contribution in [3.8, 4) is 5.75 Å². The number of fused-ring (bicyclic) bond motifs is 1. The van der Waals surface area contributed by atoms with Crippen molar-refractivity contribution < 1.29 is 14.3 Å². The van der Waals surface area contributed by atoms with Crippen LogP contribution in [0, 0.1) is 5.92 Å². The highest BCUT2D eigenvalue weighted by Gasteiger charge is 2.25. The number of aryl methyl sites for hydroxylation is 2. The van der Waals surface area contributed by atoms with Crippen molar-refractivity contribution in [2.45, 2.75) is 39.0 Å². The van der Waals surface area contributed by atoms with Gasteiger partial charge in [-0.1, -0.05) is 6.07 Å². The van der Waals surface area contributed by atoms with E-state index in [-0.39, 0.29) is 24.3 Å². The van der Waals surface area contributed by atoms with E-state index in [1.165, 1.54) is 30.4 Å². The highest BCUT2D eigenvalue weighted by molar-refractivity contribution is 5.85. The number of benzene rings is 1. The lowest BCUT2D eigenvalue weighted by Gasteiger charge is -2.30. The second kappa shape index (κ2) is 9.28. The van der Waals surface area contributed by atoms with Crippen LogP contribution in [0.3, 0.4) is 0 Å². The summed E-state index contributed by atoms with van der Waals surface area (Å²) in [6.07, 6.45) is 5.47. The Morgan fingerprint density at radius 2 is 1.96 bits per heavy atom. The lowest BCUT2D eigenvalue weighted by molar-refractivity contribution is -0.149. The molecule has 0 radical (unpaired) electrons. The number of hydrogen-bond donors (Lipinski definition) is 0. The quantitative estimate of drug-likeness (QED) is 0.736. The van der Waals surface area contributed by atoms with Crippen LogP contribution in [0.1, 0.15) is 37.3 Å². The van der Waals surface area contributed by atoms with Crippen molar-refractivity contribution in [2.75, 3.05) is 32.8 Å². The molecule has 1 aromatic rings. The summed E-state index contributed by atoms with van der Waals surface area (Å²) in [5.41, 5.74) is 2.94. The van der Waals surface area contributed by atoms with E-state index < -0.39 is 0 Å². The van der Waals surface area contributed by atoms with Gasteiger partial charge in [0.1, 0.15) is 12.4 Å². The van der Waals surface area contributed by atoms with Gasteiger partial charge in [0.05, 0.1) is 12.5 Å². The minimum Gasteiger partial charge on any atom is -0.492 e. The minimum atomic E-state index is -0.0264. The first kappa shape index (κ1) is 19.1. The number of halogens is 1. The average Bonchev–Trinajstić information content (AvgIpc) is 3.03. The molecule has 0 unspecified atom stereocenters. The molecule has 4 nitrogen and oxygen atoms in total. The Balaban J connectivity index is 0.00000208. The van der Waals surface area contributed by atoms with Gasteiger partial charge in [-0.3, -0.25) is 9.69 Å². The average molecular weight is 354 g/mol. The first-order chi connectivity index (χ1) is 11.3. The van der Waals surface area contributed by atoms with Crippen LogP contribution in [0.2, 0.25) is 0 Å². The summed E-state index contributed by atoms with van der Waals surface area (Å²) in [7, 11) is 0. The molecule has 1 aliphatic heterocycles. The van der Waals surface area contributed by atoms with Crippen LogP contribution >= 0.6 is 12.4 Å². The molecule has 1 aliphatic carbocycles. The maximum Gasteiger partial charge on any atom is 0.309 e. The predicted octanol–water partition coefficient (Wildman–Crippen LogP) is 3.25. The topological polar surface area (TPSA) is 38.8 Å². The lowest BCUT2D eigenvalue weighted by Crippen LogP contribution is -2.39. The number of rotatable bonds is 6. The maximum absolute atomic E-state index is 11.7. The van der Waals surface area contributed by atoms with E-state index in [9.17, 15) is 4.79 Å². The van der Waals surface area contributed by atoms with Crippen LogP contribution in [0.25, 0.3) is 0 Å². The van der Waals surface area contributed by atoms with Crippen LogP contribution in [-0.2, 0) is 22.4 Å². The minimum absolute atomic E-state index is 0. The summed E-state index contributed by atoms with van der Waals surface area (Å²) in [6, 6.07) is 6.51. The first-order valence-electron chi connectivity index (χ1n) is 8.90. The van der Waals surface area contributed by atoms with Gasteiger partial charge in [0.15, 0.2) is 0 Å². The first-order valence-corrected chi connectivity index (χ1v) is 8.90. The molecule has 0 aromatic heterocycles. The Kier molecular flexibility index (Phi) is 7.38. The van der Waals surface area contributed by atoms with E-state index in [4.69, 9.17) is 9.47 Å². The molecule has 0 atom stereocenters. The molecular weight excluding hydrogens is 326 g/mol. The molecule has 134 valence electrons. The molecule has 0 spiro atoms. The number of hydrogen-bond acceptors (Lipinski definition) is 4. The summed E-state index contributed by atoms with van der Waals surface area (Å²) >= 11 is 0. The molecule has 5 heteroatoms. The molecule has 0 bridgehead atoms. The summed E-state index contributed by atoms with van der Waals surface area (Å²) in [6.45, 7) is 5.89. The maximum atomic E-state index is 11.7. The van der Waals surface area contributed by atoms with Crippen molar-refractivity contribution in [1.82, 2.24) is 4.90 Å². The Labute approximate surface area is 150 Å². The van der Waals surface area contributed by atoms with E-state index in [2.05, 4.69) is 23.1 Å².